The molecule has 2 aliphatic heterocycles. The molecule has 1 atom stereocenters. The van der Waals surface area contributed by atoms with Crippen LogP contribution in [0.3, 0.4) is 0 Å². The highest BCUT2D eigenvalue weighted by atomic mass is 19.4. The number of H-pyrrole nitrogens is 1. The summed E-state index contributed by atoms with van der Waals surface area (Å²) in [6, 6.07) is 6.40. The molecule has 0 radical (unpaired) electrons. The van der Waals surface area contributed by atoms with Crippen LogP contribution in [0.25, 0.3) is 16.5 Å². The maximum absolute atomic E-state index is 13.4. The Bertz CT molecular complexity index is 1240. The van der Waals surface area contributed by atoms with E-state index in [1.165, 1.54) is 16.5 Å². The second-order valence-corrected chi connectivity index (χ2v) is 10.3. The molecule has 3 aliphatic rings. The topological polar surface area (TPSA) is 52.5 Å². The van der Waals surface area contributed by atoms with E-state index < -0.39 is 18.1 Å². The van der Waals surface area contributed by atoms with Crippen LogP contribution in [-0.2, 0) is 0 Å². The van der Waals surface area contributed by atoms with E-state index in [4.69, 9.17) is 0 Å². The Morgan fingerprint density at radius 3 is 2.57 bits per heavy atom. The molecule has 1 fully saturated rings. The Morgan fingerprint density at radius 1 is 1.09 bits per heavy atom. The fourth-order valence-electron chi connectivity index (χ4n) is 5.64. The Kier molecular flexibility index (Phi) is 6.47. The molecule has 5 rings (SSSR count). The molecule has 2 N–H and O–H groups in total. The van der Waals surface area contributed by atoms with Gasteiger partial charge in [0.2, 0.25) is 5.84 Å². The van der Waals surface area contributed by atoms with Gasteiger partial charge in [-0.15, -0.1) is 0 Å². The van der Waals surface area contributed by atoms with E-state index in [2.05, 4.69) is 58.4 Å². The predicted molar refractivity (Wildman–Crippen MR) is 138 cm³/mol. The molecule has 3 heterocycles. The lowest BCUT2D eigenvalue weighted by molar-refractivity contribution is -0.0602. The van der Waals surface area contributed by atoms with Gasteiger partial charge in [0, 0.05) is 28.7 Å². The number of aliphatic imine (C=N–C) groups is 2. The number of nitrogens with zero attached hydrogens (tertiary/aromatic N) is 2. The smallest absolute Gasteiger partial charge is 0.354 e. The summed E-state index contributed by atoms with van der Waals surface area (Å²) >= 11 is 0. The van der Waals surface area contributed by atoms with Gasteiger partial charge in [0.05, 0.1) is 6.04 Å². The minimum atomic E-state index is -4.53. The van der Waals surface area contributed by atoms with Crippen LogP contribution in [-0.4, -0.2) is 41.8 Å². The number of piperidine rings is 1. The number of nitrogens with one attached hydrogen (secondary N) is 2. The van der Waals surface area contributed by atoms with Gasteiger partial charge in [0.1, 0.15) is 0 Å². The molecule has 1 saturated heterocycles. The summed E-state index contributed by atoms with van der Waals surface area (Å²) in [5.74, 6) is -0.134. The van der Waals surface area contributed by atoms with E-state index in [-0.39, 0.29) is 0 Å². The third-order valence-electron chi connectivity index (χ3n) is 7.46. The molecule has 0 spiro atoms. The maximum atomic E-state index is 13.4. The van der Waals surface area contributed by atoms with E-state index in [9.17, 15) is 13.2 Å². The molecule has 2 bridgehead atoms. The van der Waals surface area contributed by atoms with Crippen LogP contribution in [0, 0.1) is 0 Å². The Labute approximate surface area is 204 Å². The van der Waals surface area contributed by atoms with Crippen LogP contribution >= 0.6 is 0 Å². The molecule has 0 saturated carbocycles. The van der Waals surface area contributed by atoms with Crippen molar-refractivity contribution in [3.8, 4) is 0 Å². The van der Waals surface area contributed by atoms with Gasteiger partial charge in [0.25, 0.3) is 0 Å². The third-order valence-corrected chi connectivity index (χ3v) is 7.46. The normalized spacial score (nSPS) is 23.7. The lowest BCUT2D eigenvalue weighted by atomic mass is 9.88. The molecule has 1 aromatic heterocycles. The average Bonchev–Trinajstić information content (AvgIpc) is 3.23. The second-order valence-electron chi connectivity index (χ2n) is 10.3. The van der Waals surface area contributed by atoms with E-state index in [0.29, 0.717) is 36.8 Å². The highest BCUT2D eigenvalue weighted by Gasteiger charge is 2.39. The Morgan fingerprint density at radius 2 is 1.86 bits per heavy atom. The zero-order chi connectivity index (χ0) is 24.7. The van der Waals surface area contributed by atoms with Crippen molar-refractivity contribution in [2.45, 2.75) is 76.9 Å². The van der Waals surface area contributed by atoms with Crippen LogP contribution in [0.5, 0.6) is 0 Å². The minimum Gasteiger partial charge on any atom is -0.354 e. The number of benzene rings is 1. The quantitative estimate of drug-likeness (QED) is 0.484. The monoisotopic (exact) mass is 482 g/mol. The summed E-state index contributed by atoms with van der Waals surface area (Å²) in [6.45, 7) is 8.38. The van der Waals surface area contributed by atoms with Crippen molar-refractivity contribution in [2.75, 3.05) is 13.1 Å². The number of amidine groups is 1. The molecule has 186 valence electrons. The summed E-state index contributed by atoms with van der Waals surface area (Å²) in [5.41, 5.74) is 7.10. The summed E-state index contributed by atoms with van der Waals surface area (Å²) in [7, 11) is 0. The fourth-order valence-corrected chi connectivity index (χ4v) is 5.64. The van der Waals surface area contributed by atoms with Gasteiger partial charge in [-0.05, 0) is 98.0 Å². The van der Waals surface area contributed by atoms with Crippen LogP contribution in [0.1, 0.15) is 81.5 Å². The third kappa shape index (κ3) is 4.88. The summed E-state index contributed by atoms with van der Waals surface area (Å²) < 4.78 is 40.2. The van der Waals surface area contributed by atoms with E-state index in [1.54, 1.807) is 0 Å². The molecule has 1 aromatic carbocycles. The van der Waals surface area contributed by atoms with Crippen molar-refractivity contribution in [1.82, 2.24) is 10.3 Å². The van der Waals surface area contributed by atoms with E-state index >= 15 is 0 Å². The molecular weight excluding hydrogens is 449 g/mol. The summed E-state index contributed by atoms with van der Waals surface area (Å²) in [6.07, 6.45) is 3.62. The zero-order valence-electron chi connectivity index (χ0n) is 20.6. The van der Waals surface area contributed by atoms with Gasteiger partial charge in [0.15, 0.2) is 0 Å². The molecule has 0 amide bonds. The van der Waals surface area contributed by atoms with Crippen molar-refractivity contribution in [2.24, 2.45) is 9.98 Å². The SMILES string of the molecule is CC1=C/C(c2[nH]c3ccc(C4CCNCC4)cc3c2C(C)C)=C\CCC2CC1=NC(C(F)(F)F)=N2. The minimum absolute atomic E-state index is 0.293. The zero-order valence-corrected chi connectivity index (χ0v) is 20.6. The van der Waals surface area contributed by atoms with Gasteiger partial charge in [-0.2, -0.15) is 13.2 Å². The first-order chi connectivity index (χ1) is 16.7. The number of hydrogen-bond acceptors (Lipinski definition) is 3. The van der Waals surface area contributed by atoms with E-state index in [0.717, 1.165) is 48.3 Å². The van der Waals surface area contributed by atoms with Gasteiger partial charge >= 0.3 is 6.18 Å². The van der Waals surface area contributed by atoms with Crippen molar-refractivity contribution in [1.29, 1.82) is 0 Å². The number of rotatable bonds is 3. The lowest BCUT2D eigenvalue weighted by Gasteiger charge is -2.23. The molecule has 4 nitrogen and oxygen atoms in total. The van der Waals surface area contributed by atoms with Crippen molar-refractivity contribution in [3.05, 3.63) is 52.7 Å². The number of halogens is 3. The average molecular weight is 483 g/mol. The van der Waals surface area contributed by atoms with Crippen LogP contribution in [0.15, 0.2) is 45.9 Å². The van der Waals surface area contributed by atoms with Gasteiger partial charge in [-0.1, -0.05) is 26.0 Å². The second kappa shape index (κ2) is 9.41. The van der Waals surface area contributed by atoms with Crippen molar-refractivity contribution >= 4 is 28.0 Å². The molecule has 1 aliphatic carbocycles. The first-order valence-corrected chi connectivity index (χ1v) is 12.7. The highest BCUT2D eigenvalue weighted by molar-refractivity contribution is 6.11. The molecule has 7 heteroatoms. The largest absolute Gasteiger partial charge is 0.451 e. The van der Waals surface area contributed by atoms with Gasteiger partial charge in [-0.3, -0.25) is 4.99 Å². The predicted octanol–water partition coefficient (Wildman–Crippen LogP) is 7.06. The standard InChI is InChI=1S/C28H33F3N4/c1-16(2)25-22-14-19(18-9-11-32-12-10-18)7-8-23(22)34-26(25)20-5-4-6-21-15-24(17(3)13-20)35-27(33-21)28(29,30)31/h5,7-8,13-14,16,18,21,32,34H,4,6,9-12,15H2,1-3H3/b17-13?,20-5+. The van der Waals surface area contributed by atoms with Crippen molar-refractivity contribution < 1.29 is 13.2 Å². The van der Waals surface area contributed by atoms with Crippen LogP contribution in [0.2, 0.25) is 0 Å². The summed E-state index contributed by atoms with van der Waals surface area (Å²) in [4.78, 5) is 11.5. The first-order valence-electron chi connectivity index (χ1n) is 12.7. The fraction of sp³-hybridized carbons (Fsp3) is 0.500. The number of aromatic amines is 1. The summed E-state index contributed by atoms with van der Waals surface area (Å²) in [5, 5.41) is 4.69. The maximum Gasteiger partial charge on any atom is 0.451 e. The first kappa shape index (κ1) is 24.0. The molecule has 1 unspecified atom stereocenters. The van der Waals surface area contributed by atoms with Crippen molar-refractivity contribution in [3.63, 3.8) is 0 Å². The van der Waals surface area contributed by atoms with Crippen LogP contribution in [0.4, 0.5) is 13.2 Å². The van der Waals surface area contributed by atoms with E-state index in [1.807, 2.05) is 13.0 Å². The lowest BCUT2D eigenvalue weighted by Crippen LogP contribution is -2.30. The number of alkyl halides is 3. The van der Waals surface area contributed by atoms with Crippen LogP contribution < -0.4 is 5.32 Å². The number of allylic oxidation sites excluding steroid dienone is 4. The number of hydrogen-bond donors (Lipinski definition) is 2. The van der Waals surface area contributed by atoms with Gasteiger partial charge < -0.3 is 10.3 Å². The Balaban J connectivity index is 1.57. The number of aromatic nitrogens is 1. The molecule has 2 aromatic rings. The molecule has 35 heavy (non-hydrogen) atoms. The molecular formula is C28H33F3N4. The Hall–Kier alpha value is -2.67. The van der Waals surface area contributed by atoms with Gasteiger partial charge in [-0.25, -0.2) is 4.99 Å². The highest BCUT2D eigenvalue weighted by Crippen LogP contribution is 2.38. The number of fused-ring (bicyclic) bond motifs is 3.